The van der Waals surface area contributed by atoms with Crippen molar-refractivity contribution in [1.29, 1.82) is 21.0 Å². The number of hydrogen-bond donors (Lipinski definition) is 4. The van der Waals surface area contributed by atoms with Crippen LogP contribution in [0, 0.1) is 45.3 Å². The first kappa shape index (κ1) is 45.6. The van der Waals surface area contributed by atoms with Crippen LogP contribution in [0.3, 0.4) is 0 Å². The van der Waals surface area contributed by atoms with E-state index in [0.717, 1.165) is 0 Å². The SMILES string of the molecule is CCCCCCC(C(S(=O)(=O)NCCCCC#N)(S(=O)(=O)NCCCCC#N)S(=O)(=O)NCCCCC#N)S(=O)(=O)NCCCCC#N. The molecule has 0 aromatic heterocycles. The van der Waals surface area contributed by atoms with Gasteiger partial charge in [0, 0.05) is 51.9 Å². The van der Waals surface area contributed by atoms with Crippen LogP contribution < -0.4 is 18.9 Å². The van der Waals surface area contributed by atoms with Crippen molar-refractivity contribution < 1.29 is 33.7 Å². The van der Waals surface area contributed by atoms with E-state index < -0.39 is 74.8 Å². The molecule has 1 unspecified atom stereocenters. The van der Waals surface area contributed by atoms with Gasteiger partial charge in [0.1, 0.15) is 5.25 Å². The lowest BCUT2D eigenvalue weighted by molar-refractivity contribution is 0.491. The van der Waals surface area contributed by atoms with Crippen molar-refractivity contribution in [3.05, 3.63) is 0 Å². The highest BCUT2D eigenvalue weighted by Gasteiger charge is 2.72. The zero-order valence-corrected chi connectivity index (χ0v) is 30.9. The van der Waals surface area contributed by atoms with Crippen molar-refractivity contribution in [2.75, 3.05) is 26.2 Å². The van der Waals surface area contributed by atoms with Crippen molar-refractivity contribution in [3.8, 4) is 24.3 Å². The van der Waals surface area contributed by atoms with Gasteiger partial charge in [-0.1, -0.05) is 32.6 Å². The van der Waals surface area contributed by atoms with E-state index >= 15 is 0 Å². The second kappa shape index (κ2) is 23.9. The van der Waals surface area contributed by atoms with Crippen LogP contribution in [0.1, 0.15) is 116 Å². The fourth-order valence-electron chi connectivity index (χ4n) is 4.78. The minimum atomic E-state index is -5.65. The number of unbranched alkanes of at least 4 members (excludes halogenated alkanes) is 11. The van der Waals surface area contributed by atoms with E-state index in [4.69, 9.17) is 21.0 Å². The highest BCUT2D eigenvalue weighted by molar-refractivity contribution is 8.25. The molecule has 0 heterocycles. The third-order valence-corrected chi connectivity index (χ3v) is 18.4. The fourth-order valence-corrected chi connectivity index (χ4v) is 16.3. The maximum Gasteiger partial charge on any atom is 0.330 e. The number of nitrogens with zero attached hydrogens (tertiary/aromatic N) is 4. The predicted molar refractivity (Wildman–Crippen MR) is 181 cm³/mol. The van der Waals surface area contributed by atoms with Crippen LogP contribution in [0.15, 0.2) is 0 Å². The monoisotopic (exact) mass is 754 g/mol. The first-order chi connectivity index (χ1) is 22.7. The molecule has 48 heavy (non-hydrogen) atoms. The Kier molecular flexibility index (Phi) is 22.7. The molecular weight excluding hydrogens is 705 g/mol. The summed E-state index contributed by atoms with van der Waals surface area (Å²) < 4.78 is 119. The third-order valence-electron chi connectivity index (χ3n) is 7.25. The molecule has 0 saturated carbocycles. The summed E-state index contributed by atoms with van der Waals surface area (Å²) in [7, 11) is -22.0. The maximum atomic E-state index is 14.4. The summed E-state index contributed by atoms with van der Waals surface area (Å²) in [5.74, 6) is 0. The lowest BCUT2D eigenvalue weighted by Crippen LogP contribution is -2.71. The minimum Gasteiger partial charge on any atom is -0.215 e. The summed E-state index contributed by atoms with van der Waals surface area (Å²) in [6.07, 6.45) is 2.25. The summed E-state index contributed by atoms with van der Waals surface area (Å²) in [6, 6.07) is 7.58. The number of nitrogens with one attached hydrogen (secondary N) is 4. The van der Waals surface area contributed by atoms with Crippen molar-refractivity contribution >= 4 is 40.1 Å². The van der Waals surface area contributed by atoms with Gasteiger partial charge in [-0.3, -0.25) is 0 Å². The topological polar surface area (TPSA) is 280 Å². The van der Waals surface area contributed by atoms with Gasteiger partial charge in [-0.2, -0.15) is 21.0 Å². The average molecular weight is 755 g/mol. The molecule has 0 amide bonds. The molecule has 4 N–H and O–H groups in total. The van der Waals surface area contributed by atoms with Gasteiger partial charge in [0.05, 0.1) is 24.3 Å². The van der Waals surface area contributed by atoms with Crippen LogP contribution in [0.5, 0.6) is 0 Å². The fraction of sp³-hybridized carbons (Fsp3) is 0.857. The number of hydrogen-bond acceptors (Lipinski definition) is 12. The lowest BCUT2D eigenvalue weighted by Gasteiger charge is -2.38. The summed E-state index contributed by atoms with van der Waals surface area (Å²) in [4.78, 5) is 0. The Morgan fingerprint density at radius 2 is 0.812 bits per heavy atom. The standard InChI is InChI=1S/C28H50N8O8S4/c1-2-3-4-9-18-27(45(37,38)33-23-14-5-10-19-29)28(46(39,40)34-24-15-6-11-20-30,47(41,42)35-25-16-7-12-21-31)48(43,44)36-26-17-8-13-22-32/h27,33-36H,2-18,23-26H2,1H3. The molecule has 0 aliphatic heterocycles. The van der Waals surface area contributed by atoms with Crippen LogP contribution >= 0.6 is 0 Å². The summed E-state index contributed by atoms with van der Waals surface area (Å²) in [6.45, 7) is 0.113. The van der Waals surface area contributed by atoms with Crippen molar-refractivity contribution in [2.24, 2.45) is 0 Å². The molecule has 0 aromatic rings. The van der Waals surface area contributed by atoms with Crippen LogP contribution in [0.25, 0.3) is 0 Å². The molecule has 0 spiro atoms. The lowest BCUT2D eigenvalue weighted by atomic mass is 10.1. The molecule has 0 aliphatic rings. The highest BCUT2D eigenvalue weighted by Crippen LogP contribution is 2.40. The van der Waals surface area contributed by atoms with Crippen molar-refractivity contribution in [3.63, 3.8) is 0 Å². The van der Waals surface area contributed by atoms with Gasteiger partial charge in [0.25, 0.3) is 30.1 Å². The maximum absolute atomic E-state index is 14.4. The average Bonchev–Trinajstić information content (AvgIpc) is 3.01. The molecule has 0 radical (unpaired) electrons. The van der Waals surface area contributed by atoms with Gasteiger partial charge in [0.15, 0.2) is 0 Å². The van der Waals surface area contributed by atoms with E-state index in [1.165, 1.54) is 0 Å². The third kappa shape index (κ3) is 14.2. The smallest absolute Gasteiger partial charge is 0.215 e. The predicted octanol–water partition coefficient (Wildman–Crippen LogP) is 2.43. The Hall–Kier alpha value is -2.40. The van der Waals surface area contributed by atoms with E-state index in [9.17, 15) is 33.7 Å². The van der Waals surface area contributed by atoms with E-state index in [-0.39, 0.29) is 90.0 Å². The summed E-state index contributed by atoms with van der Waals surface area (Å²) >= 11 is 0. The second-order valence-corrected chi connectivity index (χ2v) is 19.6. The molecule has 20 heteroatoms. The zero-order chi connectivity index (χ0) is 36.6. The van der Waals surface area contributed by atoms with Gasteiger partial charge in [-0.05, 0) is 57.8 Å². The Balaban J connectivity index is 7.60. The van der Waals surface area contributed by atoms with E-state index in [0.29, 0.717) is 19.3 Å². The van der Waals surface area contributed by atoms with Crippen LogP contribution in [0.2, 0.25) is 0 Å². The first-order valence-corrected chi connectivity index (χ1v) is 22.1. The Morgan fingerprint density at radius 1 is 0.479 bits per heavy atom. The second-order valence-electron chi connectivity index (χ2n) is 11.0. The molecule has 0 aliphatic carbocycles. The molecule has 0 rings (SSSR count). The van der Waals surface area contributed by atoms with Gasteiger partial charge >= 0.3 is 3.41 Å². The number of rotatable bonds is 30. The summed E-state index contributed by atoms with van der Waals surface area (Å²) in [5, 5.41) is 32.8. The van der Waals surface area contributed by atoms with Gasteiger partial charge in [-0.15, -0.1) is 0 Å². The van der Waals surface area contributed by atoms with E-state index in [2.05, 4.69) is 4.72 Å². The molecule has 0 aromatic carbocycles. The Labute approximate surface area is 287 Å². The van der Waals surface area contributed by atoms with E-state index in [1.807, 2.05) is 45.4 Å². The summed E-state index contributed by atoms with van der Waals surface area (Å²) in [5.41, 5.74) is 0. The zero-order valence-electron chi connectivity index (χ0n) is 27.6. The Bertz CT molecular complexity index is 1430. The molecule has 1 atom stereocenters. The molecule has 0 fully saturated rings. The van der Waals surface area contributed by atoms with Crippen molar-refractivity contribution in [1.82, 2.24) is 18.9 Å². The number of sulfonamides is 4. The minimum absolute atomic E-state index is 0.0250. The first-order valence-electron chi connectivity index (χ1n) is 16.1. The van der Waals surface area contributed by atoms with Gasteiger partial charge < -0.3 is 0 Å². The molecular formula is C28H50N8O8S4. The molecule has 274 valence electrons. The van der Waals surface area contributed by atoms with Gasteiger partial charge in [0.2, 0.25) is 10.0 Å². The quantitative estimate of drug-likeness (QED) is 0.0770. The van der Waals surface area contributed by atoms with Crippen LogP contribution in [-0.2, 0) is 40.1 Å². The molecule has 0 saturated heterocycles. The highest BCUT2D eigenvalue weighted by atomic mass is 32.3. The molecule has 16 nitrogen and oxygen atoms in total. The number of nitriles is 4. The molecule has 0 bridgehead atoms. The van der Waals surface area contributed by atoms with Crippen LogP contribution in [0.4, 0.5) is 0 Å². The Morgan fingerprint density at radius 3 is 1.12 bits per heavy atom. The van der Waals surface area contributed by atoms with Crippen molar-refractivity contribution in [2.45, 2.75) is 125 Å². The largest absolute Gasteiger partial charge is 0.330 e. The normalized spacial score (nSPS) is 13.2. The van der Waals surface area contributed by atoms with Crippen LogP contribution in [-0.4, -0.2) is 68.5 Å². The van der Waals surface area contributed by atoms with E-state index in [1.54, 1.807) is 0 Å². The van der Waals surface area contributed by atoms with Gasteiger partial charge in [-0.25, -0.2) is 52.6 Å².